The molecule has 0 amide bonds. The summed E-state index contributed by atoms with van der Waals surface area (Å²) in [4.78, 5) is 4.05. The predicted octanol–water partition coefficient (Wildman–Crippen LogP) is 4.62. The first kappa shape index (κ1) is 15.3. The minimum Gasteiger partial charge on any atom is -0.456 e. The first-order chi connectivity index (χ1) is 11.2. The van der Waals surface area contributed by atoms with E-state index in [1.807, 2.05) is 42.5 Å². The van der Waals surface area contributed by atoms with Gasteiger partial charge >= 0.3 is 0 Å². The van der Waals surface area contributed by atoms with Gasteiger partial charge in [0.25, 0.3) is 0 Å². The third kappa shape index (κ3) is 4.21. The molecule has 0 aliphatic rings. The van der Waals surface area contributed by atoms with Crippen LogP contribution in [0.3, 0.4) is 0 Å². The Kier molecular flexibility index (Phi) is 4.75. The third-order valence-corrected chi connectivity index (χ3v) is 3.92. The number of aromatic nitrogens is 1. The van der Waals surface area contributed by atoms with Crippen LogP contribution in [0.25, 0.3) is 0 Å². The van der Waals surface area contributed by atoms with Crippen molar-refractivity contribution in [3.8, 4) is 11.5 Å². The van der Waals surface area contributed by atoms with Gasteiger partial charge in [-0.25, -0.2) is 4.98 Å². The summed E-state index contributed by atoms with van der Waals surface area (Å²) in [5.74, 6) is 1.81. The van der Waals surface area contributed by atoms with Gasteiger partial charge < -0.3 is 10.5 Å². The van der Waals surface area contributed by atoms with Crippen LogP contribution in [0.5, 0.6) is 11.5 Å². The number of hydrazone groups is 1. The fraction of sp³-hybridized carbons (Fsp3) is 0. The highest BCUT2D eigenvalue weighted by Gasteiger charge is 2.01. The number of nitrogens with two attached hydrogens (primary N) is 1. The number of para-hydroxylation sites is 1. The smallest absolute Gasteiger partial charge is 0.205 e. The second kappa shape index (κ2) is 7.13. The van der Waals surface area contributed by atoms with Crippen LogP contribution in [0.2, 0.25) is 5.02 Å². The fourth-order valence-electron chi connectivity index (χ4n) is 1.78. The number of nitrogen functional groups attached to an aromatic ring is 1. The summed E-state index contributed by atoms with van der Waals surface area (Å²) in [5.41, 5.74) is 9.28. The van der Waals surface area contributed by atoms with Crippen LogP contribution in [0, 0.1) is 0 Å². The zero-order valence-electron chi connectivity index (χ0n) is 11.9. The van der Waals surface area contributed by atoms with Crippen molar-refractivity contribution in [1.29, 1.82) is 0 Å². The van der Waals surface area contributed by atoms with Gasteiger partial charge in [-0.05, 0) is 42.0 Å². The quantitative estimate of drug-likeness (QED) is 0.523. The van der Waals surface area contributed by atoms with Gasteiger partial charge in [0.15, 0.2) is 0 Å². The third-order valence-electron chi connectivity index (χ3n) is 2.84. The van der Waals surface area contributed by atoms with Crippen molar-refractivity contribution in [2.45, 2.75) is 0 Å². The molecule has 3 N–H and O–H groups in total. The van der Waals surface area contributed by atoms with Crippen LogP contribution >= 0.6 is 22.9 Å². The number of benzene rings is 2. The van der Waals surface area contributed by atoms with Crippen LogP contribution in [0.4, 0.5) is 10.9 Å². The van der Waals surface area contributed by atoms with Crippen LogP contribution in [0.15, 0.2) is 59.0 Å². The SMILES string of the molecule is Nc1csc(NN=Cc2ccc(Oc3ccccc3Cl)cc2)n1. The van der Waals surface area contributed by atoms with E-state index in [1.165, 1.54) is 11.3 Å². The van der Waals surface area contributed by atoms with Crippen molar-refractivity contribution in [1.82, 2.24) is 4.98 Å². The van der Waals surface area contributed by atoms with Crippen molar-refractivity contribution in [2.24, 2.45) is 5.10 Å². The topological polar surface area (TPSA) is 72.5 Å². The molecule has 0 spiro atoms. The molecule has 0 aliphatic carbocycles. The summed E-state index contributed by atoms with van der Waals surface area (Å²) in [6.45, 7) is 0. The Morgan fingerprint density at radius 2 is 1.96 bits per heavy atom. The molecule has 0 saturated carbocycles. The molecule has 3 rings (SSSR count). The van der Waals surface area contributed by atoms with Gasteiger partial charge in [-0.1, -0.05) is 23.7 Å². The van der Waals surface area contributed by atoms with E-state index in [9.17, 15) is 0 Å². The number of nitrogens with one attached hydrogen (secondary N) is 1. The van der Waals surface area contributed by atoms with E-state index in [-0.39, 0.29) is 0 Å². The molecule has 23 heavy (non-hydrogen) atoms. The van der Waals surface area contributed by atoms with Gasteiger partial charge in [0.2, 0.25) is 5.13 Å². The molecule has 7 heteroatoms. The molecule has 2 aromatic carbocycles. The number of ether oxygens (including phenoxy) is 1. The Balaban J connectivity index is 1.62. The van der Waals surface area contributed by atoms with Gasteiger partial charge in [0, 0.05) is 5.38 Å². The summed E-state index contributed by atoms with van der Waals surface area (Å²) in [6.07, 6.45) is 1.69. The standard InChI is InChI=1S/C16H13ClN4OS/c17-13-3-1-2-4-14(13)22-12-7-5-11(6-8-12)9-19-21-16-20-15(18)10-23-16/h1-10H,18H2,(H,20,21). The monoisotopic (exact) mass is 344 g/mol. The van der Waals surface area contributed by atoms with Gasteiger partial charge in [0.1, 0.15) is 17.3 Å². The Hall–Kier alpha value is -2.57. The Morgan fingerprint density at radius 1 is 1.17 bits per heavy atom. The number of thiazole rings is 1. The molecule has 0 radical (unpaired) electrons. The first-order valence-corrected chi connectivity index (χ1v) is 7.99. The zero-order valence-corrected chi connectivity index (χ0v) is 13.5. The molecular formula is C16H13ClN4OS. The van der Waals surface area contributed by atoms with Crippen LogP contribution in [-0.4, -0.2) is 11.2 Å². The Morgan fingerprint density at radius 3 is 2.65 bits per heavy atom. The van der Waals surface area contributed by atoms with Crippen LogP contribution in [-0.2, 0) is 0 Å². The van der Waals surface area contributed by atoms with E-state index in [2.05, 4.69) is 15.5 Å². The second-order valence-corrected chi connectivity index (χ2v) is 5.81. The summed E-state index contributed by atoms with van der Waals surface area (Å²) >= 11 is 7.46. The fourth-order valence-corrected chi connectivity index (χ4v) is 2.50. The molecule has 0 unspecified atom stereocenters. The van der Waals surface area contributed by atoms with Gasteiger partial charge in [-0.2, -0.15) is 5.10 Å². The van der Waals surface area contributed by atoms with E-state index in [0.29, 0.717) is 27.5 Å². The summed E-state index contributed by atoms with van der Waals surface area (Å²) < 4.78 is 5.73. The maximum atomic E-state index is 6.07. The van der Waals surface area contributed by atoms with Crippen molar-refractivity contribution in [2.75, 3.05) is 11.2 Å². The van der Waals surface area contributed by atoms with Gasteiger partial charge in [0.05, 0.1) is 11.2 Å². The highest BCUT2D eigenvalue weighted by Crippen LogP contribution is 2.28. The largest absolute Gasteiger partial charge is 0.456 e. The van der Waals surface area contributed by atoms with E-state index in [4.69, 9.17) is 22.1 Å². The van der Waals surface area contributed by atoms with Gasteiger partial charge in [-0.3, -0.25) is 5.43 Å². The number of anilines is 2. The molecule has 1 aromatic heterocycles. The first-order valence-electron chi connectivity index (χ1n) is 6.73. The molecule has 5 nitrogen and oxygen atoms in total. The second-order valence-electron chi connectivity index (χ2n) is 4.55. The normalized spacial score (nSPS) is 10.8. The molecule has 116 valence electrons. The number of rotatable bonds is 5. The van der Waals surface area contributed by atoms with Crippen molar-refractivity contribution in [3.63, 3.8) is 0 Å². The number of nitrogens with zero attached hydrogens (tertiary/aromatic N) is 2. The van der Waals surface area contributed by atoms with Crippen molar-refractivity contribution < 1.29 is 4.74 Å². The molecule has 0 aliphatic heterocycles. The van der Waals surface area contributed by atoms with E-state index < -0.39 is 0 Å². The van der Waals surface area contributed by atoms with Crippen LogP contribution in [0.1, 0.15) is 5.56 Å². The molecule has 1 heterocycles. The lowest BCUT2D eigenvalue weighted by molar-refractivity contribution is 0.483. The maximum absolute atomic E-state index is 6.07. The lowest BCUT2D eigenvalue weighted by Gasteiger charge is -2.07. The molecular weight excluding hydrogens is 332 g/mol. The Labute approximate surface area is 142 Å². The molecule has 0 bridgehead atoms. The predicted molar refractivity (Wildman–Crippen MR) is 95.7 cm³/mol. The molecule has 0 atom stereocenters. The van der Waals surface area contributed by atoms with Gasteiger partial charge in [-0.15, -0.1) is 11.3 Å². The summed E-state index contributed by atoms with van der Waals surface area (Å²) in [6, 6.07) is 14.8. The van der Waals surface area contributed by atoms with Crippen molar-refractivity contribution >= 4 is 40.1 Å². The van der Waals surface area contributed by atoms with E-state index >= 15 is 0 Å². The highest BCUT2D eigenvalue weighted by molar-refractivity contribution is 7.14. The number of hydrogen-bond acceptors (Lipinski definition) is 6. The number of hydrogen-bond donors (Lipinski definition) is 2. The maximum Gasteiger partial charge on any atom is 0.205 e. The highest BCUT2D eigenvalue weighted by atomic mass is 35.5. The number of halogens is 1. The van der Waals surface area contributed by atoms with E-state index in [0.717, 1.165) is 5.56 Å². The average Bonchev–Trinajstić information content (AvgIpc) is 2.97. The lowest BCUT2D eigenvalue weighted by Crippen LogP contribution is -1.91. The van der Waals surface area contributed by atoms with E-state index in [1.54, 1.807) is 17.7 Å². The zero-order chi connectivity index (χ0) is 16.1. The molecule has 0 fully saturated rings. The summed E-state index contributed by atoms with van der Waals surface area (Å²) in [5, 5.41) is 7.08. The molecule has 0 saturated heterocycles. The lowest BCUT2D eigenvalue weighted by atomic mass is 10.2. The van der Waals surface area contributed by atoms with Crippen LogP contribution < -0.4 is 15.9 Å². The minimum absolute atomic E-state index is 0.480. The molecule has 3 aromatic rings. The average molecular weight is 345 g/mol. The minimum atomic E-state index is 0.480. The Bertz CT molecular complexity index is 817. The van der Waals surface area contributed by atoms with Crippen molar-refractivity contribution in [3.05, 3.63) is 64.5 Å². The summed E-state index contributed by atoms with van der Waals surface area (Å²) in [7, 11) is 0.